The van der Waals surface area contributed by atoms with Crippen LogP contribution in [0.3, 0.4) is 0 Å². The first-order valence-electron chi connectivity index (χ1n) is 18.1. The van der Waals surface area contributed by atoms with Crippen molar-refractivity contribution in [3.63, 3.8) is 0 Å². The van der Waals surface area contributed by atoms with Crippen molar-refractivity contribution in [2.45, 2.75) is 20.3 Å². The van der Waals surface area contributed by atoms with Crippen LogP contribution < -0.4 is 5.43 Å². The first-order chi connectivity index (χ1) is 25.7. The third-order valence-electron chi connectivity index (χ3n) is 10.4. The second kappa shape index (κ2) is 13.3. The Morgan fingerprint density at radius 2 is 1.00 bits per heavy atom. The van der Waals surface area contributed by atoms with E-state index in [1.165, 1.54) is 77.2 Å². The minimum atomic E-state index is 0.983. The molecule has 3 heteroatoms. The van der Waals surface area contributed by atoms with Crippen LogP contribution in [-0.2, 0) is 0 Å². The molecule has 0 aliphatic heterocycles. The summed E-state index contributed by atoms with van der Waals surface area (Å²) in [5.74, 6) is 0. The average Bonchev–Trinajstić information content (AvgIpc) is 3.72. The Bertz CT molecular complexity index is 2780. The molecule has 0 atom stereocenters. The van der Waals surface area contributed by atoms with Crippen molar-refractivity contribution in [2.24, 2.45) is 0 Å². The monoisotopic (exact) mass is 669 g/mol. The lowest BCUT2D eigenvalue weighted by molar-refractivity contribution is 1.05. The smallest absolute Gasteiger partial charge is 0.0710 e. The van der Waals surface area contributed by atoms with Crippen molar-refractivity contribution in [1.82, 2.24) is 9.24 Å². The number of hydrogen-bond donors (Lipinski definition) is 1. The highest BCUT2D eigenvalue weighted by Gasteiger charge is 2.15. The van der Waals surface area contributed by atoms with Crippen LogP contribution in [0.4, 0.5) is 0 Å². The van der Waals surface area contributed by atoms with Crippen LogP contribution in [-0.4, -0.2) is 9.24 Å². The highest BCUT2D eigenvalue weighted by atomic mass is 15.4. The number of benzene rings is 7. The summed E-state index contributed by atoms with van der Waals surface area (Å²) in [6, 6.07) is 61.2. The lowest BCUT2D eigenvalue weighted by Crippen LogP contribution is -2.07. The van der Waals surface area contributed by atoms with E-state index < -0.39 is 0 Å². The lowest BCUT2D eigenvalue weighted by atomic mass is 9.96. The molecule has 0 spiro atoms. The molecule has 0 bridgehead atoms. The number of aromatic nitrogens is 2. The Morgan fingerprint density at radius 1 is 0.500 bits per heavy atom. The van der Waals surface area contributed by atoms with Crippen molar-refractivity contribution in [1.29, 1.82) is 0 Å². The zero-order chi connectivity index (χ0) is 35.0. The minimum Gasteiger partial charge on any atom is -0.309 e. The SMILES string of the molecule is CC/C(C)=C(/C=C\Nn1c2ccccc2c2cc(-c3ccc4c(c3)c3ccccc3n4-c3ccccc3)ccc21)c1ccc(-c2ccccc2)cc1. The van der Waals surface area contributed by atoms with Gasteiger partial charge in [-0.1, -0.05) is 134 Å². The van der Waals surface area contributed by atoms with Crippen molar-refractivity contribution in [2.75, 3.05) is 5.43 Å². The topological polar surface area (TPSA) is 21.9 Å². The molecular formula is C49H39N3. The van der Waals surface area contributed by atoms with Gasteiger partial charge in [0.05, 0.1) is 22.1 Å². The predicted molar refractivity (Wildman–Crippen MR) is 222 cm³/mol. The molecule has 7 aromatic carbocycles. The Morgan fingerprint density at radius 3 is 1.69 bits per heavy atom. The largest absolute Gasteiger partial charge is 0.309 e. The van der Waals surface area contributed by atoms with Gasteiger partial charge in [0, 0.05) is 33.4 Å². The zero-order valence-electron chi connectivity index (χ0n) is 29.4. The molecule has 0 aliphatic carbocycles. The third-order valence-corrected chi connectivity index (χ3v) is 10.4. The molecule has 52 heavy (non-hydrogen) atoms. The van der Waals surface area contributed by atoms with Gasteiger partial charge in [-0.2, -0.15) is 0 Å². The van der Waals surface area contributed by atoms with E-state index in [1.807, 2.05) is 0 Å². The minimum absolute atomic E-state index is 0.983. The lowest BCUT2D eigenvalue weighted by Gasteiger charge is -2.11. The molecule has 0 aliphatic rings. The molecule has 2 heterocycles. The summed E-state index contributed by atoms with van der Waals surface area (Å²) in [7, 11) is 0. The number of nitrogens with zero attached hydrogens (tertiary/aromatic N) is 2. The van der Waals surface area contributed by atoms with Gasteiger partial charge < -0.3 is 9.99 Å². The maximum atomic E-state index is 3.65. The quantitative estimate of drug-likeness (QED) is 0.160. The fraction of sp³-hybridized carbons (Fsp3) is 0.0612. The molecule has 1 N–H and O–H groups in total. The zero-order valence-corrected chi connectivity index (χ0v) is 29.4. The first kappa shape index (κ1) is 31.4. The fourth-order valence-corrected chi connectivity index (χ4v) is 7.64. The van der Waals surface area contributed by atoms with Crippen LogP contribution in [0.5, 0.6) is 0 Å². The normalized spacial score (nSPS) is 12.3. The number of rotatable bonds is 8. The van der Waals surface area contributed by atoms with Crippen molar-refractivity contribution in [3.05, 3.63) is 193 Å². The summed E-state index contributed by atoms with van der Waals surface area (Å²) in [5, 5.41) is 4.96. The fourth-order valence-electron chi connectivity index (χ4n) is 7.64. The Hall–Kier alpha value is -6.58. The van der Waals surface area contributed by atoms with Gasteiger partial charge in [-0.25, -0.2) is 0 Å². The molecule has 0 amide bonds. The molecule has 0 radical (unpaired) electrons. The third kappa shape index (κ3) is 5.48. The summed E-state index contributed by atoms with van der Waals surface area (Å²) in [5.41, 5.74) is 18.2. The van der Waals surface area contributed by atoms with E-state index in [-0.39, 0.29) is 0 Å². The maximum Gasteiger partial charge on any atom is 0.0710 e. The van der Waals surface area contributed by atoms with E-state index >= 15 is 0 Å². The second-order valence-corrected chi connectivity index (χ2v) is 13.5. The summed E-state index contributed by atoms with van der Waals surface area (Å²) >= 11 is 0. The van der Waals surface area contributed by atoms with E-state index in [1.54, 1.807) is 0 Å². The first-order valence-corrected chi connectivity index (χ1v) is 18.1. The highest BCUT2D eigenvalue weighted by molar-refractivity contribution is 6.12. The van der Waals surface area contributed by atoms with Gasteiger partial charge >= 0.3 is 0 Å². The average molecular weight is 670 g/mol. The van der Waals surface area contributed by atoms with Crippen LogP contribution in [0.2, 0.25) is 0 Å². The Labute approximate surface area is 304 Å². The second-order valence-electron chi connectivity index (χ2n) is 13.5. The van der Waals surface area contributed by atoms with Crippen molar-refractivity contribution < 1.29 is 0 Å². The van der Waals surface area contributed by atoms with E-state index in [9.17, 15) is 0 Å². The van der Waals surface area contributed by atoms with Gasteiger partial charge in [0.15, 0.2) is 0 Å². The number of nitrogens with one attached hydrogen (secondary N) is 1. The van der Waals surface area contributed by atoms with Crippen LogP contribution in [0, 0.1) is 0 Å². The van der Waals surface area contributed by atoms with Crippen molar-refractivity contribution in [3.8, 4) is 27.9 Å². The summed E-state index contributed by atoms with van der Waals surface area (Å²) in [4.78, 5) is 0. The number of hydrogen-bond acceptors (Lipinski definition) is 1. The van der Waals surface area contributed by atoms with Gasteiger partial charge in [-0.05, 0) is 101 Å². The van der Waals surface area contributed by atoms with Crippen molar-refractivity contribution >= 4 is 49.2 Å². The molecule has 0 unspecified atom stereocenters. The molecular weight excluding hydrogens is 631 g/mol. The molecule has 0 fully saturated rings. The van der Waals surface area contributed by atoms with Gasteiger partial charge in [-0.3, -0.25) is 4.68 Å². The summed E-state index contributed by atoms with van der Waals surface area (Å²) < 4.78 is 4.58. The van der Waals surface area contributed by atoms with Gasteiger partial charge in [0.2, 0.25) is 0 Å². The van der Waals surface area contributed by atoms with Gasteiger partial charge in [-0.15, -0.1) is 0 Å². The van der Waals surface area contributed by atoms with Crippen LogP contribution in [0.25, 0.3) is 77.1 Å². The summed E-state index contributed by atoms with van der Waals surface area (Å²) in [6.45, 7) is 4.45. The number of fused-ring (bicyclic) bond motifs is 6. The summed E-state index contributed by atoms with van der Waals surface area (Å²) in [6.07, 6.45) is 5.28. The molecule has 0 saturated carbocycles. The van der Waals surface area contributed by atoms with E-state index in [4.69, 9.17) is 0 Å². The Kier molecular flexibility index (Phi) is 8.02. The molecule has 9 aromatic rings. The van der Waals surface area contributed by atoms with Crippen LogP contribution in [0.15, 0.2) is 188 Å². The number of para-hydroxylation sites is 3. The highest BCUT2D eigenvalue weighted by Crippen LogP contribution is 2.37. The molecule has 9 rings (SSSR count). The van der Waals surface area contributed by atoms with Gasteiger partial charge in [0.1, 0.15) is 0 Å². The molecule has 0 saturated heterocycles. The standard InChI is InChI=1S/C49H39N3/c1-3-34(2)41(37-24-22-36(23-25-37)35-14-6-4-7-15-35)30-31-50-52-48-21-13-11-19-43(48)45-33-39(27-29-49(45)52)38-26-28-47-44(32-38)42-18-10-12-20-46(42)51(47)40-16-8-5-9-17-40/h4-33,50H,3H2,1-2H3/b31-30-,41-34-. The Balaban J connectivity index is 1.08. The number of allylic oxidation sites excluding steroid dienone is 3. The molecule has 250 valence electrons. The van der Waals surface area contributed by atoms with Crippen LogP contribution in [0.1, 0.15) is 25.8 Å². The predicted octanol–water partition coefficient (Wildman–Crippen LogP) is 13.2. The van der Waals surface area contributed by atoms with E-state index in [2.05, 4.69) is 211 Å². The molecule has 3 nitrogen and oxygen atoms in total. The van der Waals surface area contributed by atoms with Gasteiger partial charge in [0.25, 0.3) is 0 Å². The van der Waals surface area contributed by atoms with E-state index in [0.29, 0.717) is 0 Å². The van der Waals surface area contributed by atoms with Crippen LogP contribution >= 0.6 is 0 Å². The van der Waals surface area contributed by atoms with E-state index in [0.717, 1.165) is 17.5 Å². The molecule has 2 aromatic heterocycles. The maximum absolute atomic E-state index is 3.65.